The number of amides is 3. The SMILES string of the molecule is Cc1ccc(/C=C(/NC(=O)c2ccccc2)C(=O)Nc2cccc(SC(C(=O)Nc3ccc(C)cc3C)c3ccccc3)c2)cc1. The summed E-state index contributed by atoms with van der Waals surface area (Å²) in [6.45, 7) is 5.98. The average Bonchev–Trinajstić information content (AvgIpc) is 3.06. The van der Waals surface area contributed by atoms with Crippen LogP contribution in [-0.2, 0) is 9.59 Å². The normalized spacial score (nSPS) is 11.8. The van der Waals surface area contributed by atoms with E-state index in [-0.39, 0.29) is 17.5 Å². The maximum atomic E-state index is 13.7. The van der Waals surface area contributed by atoms with E-state index in [2.05, 4.69) is 16.0 Å². The fourth-order valence-corrected chi connectivity index (χ4v) is 5.89. The summed E-state index contributed by atoms with van der Waals surface area (Å²) >= 11 is 1.39. The van der Waals surface area contributed by atoms with Crippen molar-refractivity contribution in [1.82, 2.24) is 5.32 Å². The van der Waals surface area contributed by atoms with E-state index >= 15 is 0 Å². The minimum absolute atomic E-state index is 0.103. The molecule has 0 spiro atoms. The Labute approximate surface area is 274 Å². The molecule has 0 bridgehead atoms. The molecule has 0 heterocycles. The smallest absolute Gasteiger partial charge is 0.272 e. The van der Waals surface area contributed by atoms with Crippen LogP contribution in [-0.4, -0.2) is 17.7 Å². The van der Waals surface area contributed by atoms with E-state index in [9.17, 15) is 14.4 Å². The summed E-state index contributed by atoms with van der Waals surface area (Å²) in [7, 11) is 0. The molecule has 0 aromatic heterocycles. The lowest BCUT2D eigenvalue weighted by Gasteiger charge is -2.19. The molecule has 0 fully saturated rings. The van der Waals surface area contributed by atoms with Gasteiger partial charge in [0, 0.05) is 21.8 Å². The zero-order valence-corrected chi connectivity index (χ0v) is 26.7. The highest BCUT2D eigenvalue weighted by atomic mass is 32.2. The first-order valence-electron chi connectivity index (χ1n) is 14.9. The summed E-state index contributed by atoms with van der Waals surface area (Å²) < 4.78 is 0. The molecule has 7 heteroatoms. The number of anilines is 2. The Hall–Kier alpha value is -5.40. The maximum absolute atomic E-state index is 13.7. The molecule has 0 aliphatic rings. The number of carbonyl (C=O) groups is 3. The van der Waals surface area contributed by atoms with Gasteiger partial charge in [-0.2, -0.15) is 0 Å². The molecule has 0 saturated heterocycles. The number of carbonyl (C=O) groups excluding carboxylic acids is 3. The molecule has 1 atom stereocenters. The van der Waals surface area contributed by atoms with E-state index in [0.717, 1.165) is 38.4 Å². The van der Waals surface area contributed by atoms with Gasteiger partial charge in [-0.1, -0.05) is 102 Å². The number of rotatable bonds is 10. The number of nitrogens with one attached hydrogen (secondary N) is 3. The first-order chi connectivity index (χ1) is 22.2. The molecule has 5 aromatic carbocycles. The van der Waals surface area contributed by atoms with E-state index < -0.39 is 11.2 Å². The number of aryl methyl sites for hydroxylation is 3. The second-order valence-electron chi connectivity index (χ2n) is 11.0. The van der Waals surface area contributed by atoms with Gasteiger partial charge in [-0.05, 0) is 79.9 Å². The molecule has 3 amide bonds. The largest absolute Gasteiger partial charge is 0.325 e. The van der Waals surface area contributed by atoms with Gasteiger partial charge in [-0.25, -0.2) is 0 Å². The van der Waals surface area contributed by atoms with Gasteiger partial charge in [0.25, 0.3) is 11.8 Å². The zero-order chi connectivity index (χ0) is 32.5. The van der Waals surface area contributed by atoms with E-state index in [1.807, 2.05) is 118 Å². The van der Waals surface area contributed by atoms with Crippen LogP contribution in [0.2, 0.25) is 0 Å². The number of hydrogen-bond acceptors (Lipinski definition) is 4. The lowest BCUT2D eigenvalue weighted by atomic mass is 10.1. The van der Waals surface area contributed by atoms with Crippen molar-refractivity contribution in [1.29, 1.82) is 0 Å². The molecule has 46 heavy (non-hydrogen) atoms. The van der Waals surface area contributed by atoms with Crippen LogP contribution >= 0.6 is 11.8 Å². The Morgan fingerprint density at radius 1 is 0.674 bits per heavy atom. The van der Waals surface area contributed by atoms with Crippen molar-refractivity contribution in [3.05, 3.63) is 166 Å². The van der Waals surface area contributed by atoms with Crippen LogP contribution in [0, 0.1) is 20.8 Å². The quantitative estimate of drug-likeness (QED) is 0.107. The predicted octanol–water partition coefficient (Wildman–Crippen LogP) is 8.49. The Morgan fingerprint density at radius 2 is 1.35 bits per heavy atom. The van der Waals surface area contributed by atoms with Crippen molar-refractivity contribution < 1.29 is 14.4 Å². The van der Waals surface area contributed by atoms with Gasteiger partial charge in [-0.3, -0.25) is 14.4 Å². The summed E-state index contributed by atoms with van der Waals surface area (Å²) in [4.78, 5) is 41.1. The van der Waals surface area contributed by atoms with E-state index in [1.54, 1.807) is 36.4 Å². The molecule has 6 nitrogen and oxygen atoms in total. The fourth-order valence-electron chi connectivity index (χ4n) is 4.81. The van der Waals surface area contributed by atoms with Crippen LogP contribution in [0.4, 0.5) is 11.4 Å². The van der Waals surface area contributed by atoms with Crippen LogP contribution < -0.4 is 16.0 Å². The summed E-state index contributed by atoms with van der Waals surface area (Å²) in [5.74, 6) is -1.01. The van der Waals surface area contributed by atoms with Crippen LogP contribution in [0.1, 0.15) is 43.4 Å². The highest BCUT2D eigenvalue weighted by Gasteiger charge is 2.23. The second kappa shape index (κ2) is 15.1. The van der Waals surface area contributed by atoms with Gasteiger partial charge in [0.05, 0.1) is 0 Å². The predicted molar refractivity (Wildman–Crippen MR) is 188 cm³/mol. The van der Waals surface area contributed by atoms with E-state index in [4.69, 9.17) is 0 Å². The summed E-state index contributed by atoms with van der Waals surface area (Å²) in [6.07, 6.45) is 1.65. The topological polar surface area (TPSA) is 87.3 Å². The lowest BCUT2D eigenvalue weighted by Crippen LogP contribution is -2.30. The third kappa shape index (κ3) is 8.61. The van der Waals surface area contributed by atoms with Crippen LogP contribution in [0.15, 0.2) is 138 Å². The third-order valence-corrected chi connectivity index (χ3v) is 8.49. The molecule has 3 N–H and O–H groups in total. The minimum atomic E-state index is -0.546. The average molecular weight is 626 g/mol. The molecule has 0 aliphatic heterocycles. The molecule has 0 aliphatic carbocycles. The third-order valence-electron chi connectivity index (χ3n) is 7.24. The van der Waals surface area contributed by atoms with Gasteiger partial charge in [0.15, 0.2) is 0 Å². The van der Waals surface area contributed by atoms with Crippen LogP contribution in [0.3, 0.4) is 0 Å². The Morgan fingerprint density at radius 3 is 2.04 bits per heavy atom. The van der Waals surface area contributed by atoms with Crippen molar-refractivity contribution in [2.45, 2.75) is 30.9 Å². The minimum Gasteiger partial charge on any atom is -0.325 e. The molecular formula is C39H35N3O3S. The zero-order valence-electron chi connectivity index (χ0n) is 25.9. The van der Waals surface area contributed by atoms with Crippen molar-refractivity contribution >= 4 is 46.9 Å². The first-order valence-corrected chi connectivity index (χ1v) is 15.8. The van der Waals surface area contributed by atoms with Gasteiger partial charge in [0.2, 0.25) is 5.91 Å². The van der Waals surface area contributed by atoms with E-state index in [1.165, 1.54) is 11.8 Å². The number of thioether (sulfide) groups is 1. The Balaban J connectivity index is 1.38. The monoisotopic (exact) mass is 625 g/mol. The Kier molecular flexibility index (Phi) is 10.5. The van der Waals surface area contributed by atoms with Crippen molar-refractivity contribution in [3.8, 4) is 0 Å². The second-order valence-corrected chi connectivity index (χ2v) is 12.2. The first kappa shape index (κ1) is 32.0. The number of hydrogen-bond donors (Lipinski definition) is 3. The Bertz CT molecular complexity index is 1870. The van der Waals surface area contributed by atoms with Crippen LogP contribution in [0.25, 0.3) is 6.08 Å². The molecule has 230 valence electrons. The highest BCUT2D eigenvalue weighted by molar-refractivity contribution is 8.00. The van der Waals surface area contributed by atoms with Crippen LogP contribution in [0.5, 0.6) is 0 Å². The number of benzene rings is 5. The van der Waals surface area contributed by atoms with Crippen molar-refractivity contribution in [3.63, 3.8) is 0 Å². The summed E-state index contributed by atoms with van der Waals surface area (Å²) in [6, 6.07) is 39.3. The fraction of sp³-hybridized carbons (Fsp3) is 0.103. The maximum Gasteiger partial charge on any atom is 0.272 e. The van der Waals surface area contributed by atoms with E-state index in [0.29, 0.717) is 11.3 Å². The molecule has 5 rings (SSSR count). The molecule has 0 saturated carbocycles. The summed E-state index contributed by atoms with van der Waals surface area (Å²) in [5, 5.41) is 8.27. The standard InChI is InChI=1S/C39H35N3O3S/c1-26-17-20-29(21-18-26)24-35(42-37(43)31-13-8-5-9-14-31)38(44)40-32-15-10-16-33(25-32)46-36(30-11-6-4-7-12-30)39(45)41-34-22-19-27(2)23-28(34)3/h4-25,36H,1-3H3,(H,40,44)(H,41,45)(H,42,43)/b35-24+. The molecular weight excluding hydrogens is 591 g/mol. The van der Waals surface area contributed by atoms with Gasteiger partial charge in [-0.15, -0.1) is 11.8 Å². The molecule has 5 aromatic rings. The molecule has 1 unspecified atom stereocenters. The highest BCUT2D eigenvalue weighted by Crippen LogP contribution is 2.37. The van der Waals surface area contributed by atoms with Gasteiger partial charge in [0.1, 0.15) is 10.9 Å². The molecule has 0 radical (unpaired) electrons. The lowest BCUT2D eigenvalue weighted by molar-refractivity contribution is -0.116. The van der Waals surface area contributed by atoms with Gasteiger partial charge < -0.3 is 16.0 Å². The van der Waals surface area contributed by atoms with Crippen molar-refractivity contribution in [2.24, 2.45) is 0 Å². The van der Waals surface area contributed by atoms with Crippen molar-refractivity contribution in [2.75, 3.05) is 10.6 Å². The van der Waals surface area contributed by atoms with Gasteiger partial charge >= 0.3 is 0 Å². The summed E-state index contributed by atoms with van der Waals surface area (Å²) in [5.41, 5.74) is 6.67.